The van der Waals surface area contributed by atoms with Crippen LogP contribution in [-0.4, -0.2) is 27.8 Å². The molecular formula is C15H19N3OS. The van der Waals surface area contributed by atoms with Gasteiger partial charge in [-0.25, -0.2) is 4.98 Å². The third-order valence-corrected chi connectivity index (χ3v) is 3.80. The molecule has 0 bridgehead atoms. The number of aromatic nitrogens is 2. The van der Waals surface area contributed by atoms with Crippen LogP contribution in [0.5, 0.6) is 0 Å². The SMILES string of the molecule is CCC(C)NC(=O)c1cnc(SC)n1-c1ccccc1. The van der Waals surface area contributed by atoms with E-state index < -0.39 is 0 Å². The summed E-state index contributed by atoms with van der Waals surface area (Å²) in [5.74, 6) is -0.0870. The highest BCUT2D eigenvalue weighted by Crippen LogP contribution is 2.21. The van der Waals surface area contributed by atoms with E-state index in [4.69, 9.17) is 0 Å². The Bertz CT molecular complexity index is 580. The van der Waals surface area contributed by atoms with Gasteiger partial charge in [-0.2, -0.15) is 0 Å². The predicted molar refractivity (Wildman–Crippen MR) is 82.6 cm³/mol. The van der Waals surface area contributed by atoms with Crippen LogP contribution < -0.4 is 5.32 Å². The van der Waals surface area contributed by atoms with E-state index in [1.807, 2.05) is 55.0 Å². The molecule has 5 heteroatoms. The Labute approximate surface area is 123 Å². The second-order valence-corrected chi connectivity index (χ2v) is 5.36. The Kier molecular flexibility index (Phi) is 4.84. The van der Waals surface area contributed by atoms with Gasteiger partial charge < -0.3 is 5.32 Å². The fraction of sp³-hybridized carbons (Fsp3) is 0.333. The topological polar surface area (TPSA) is 46.9 Å². The van der Waals surface area contributed by atoms with Gasteiger partial charge in [0, 0.05) is 11.7 Å². The van der Waals surface area contributed by atoms with Gasteiger partial charge in [0.05, 0.1) is 6.20 Å². The molecular weight excluding hydrogens is 270 g/mol. The van der Waals surface area contributed by atoms with Gasteiger partial charge in [-0.1, -0.05) is 36.9 Å². The highest BCUT2D eigenvalue weighted by molar-refractivity contribution is 7.98. The van der Waals surface area contributed by atoms with Crippen LogP contribution in [0.4, 0.5) is 0 Å². The summed E-state index contributed by atoms with van der Waals surface area (Å²) in [5, 5.41) is 3.80. The first kappa shape index (κ1) is 14.7. The van der Waals surface area contributed by atoms with Gasteiger partial charge in [-0.3, -0.25) is 9.36 Å². The van der Waals surface area contributed by atoms with Crippen LogP contribution in [0, 0.1) is 0 Å². The molecule has 0 fully saturated rings. The number of amides is 1. The Balaban J connectivity index is 2.40. The molecule has 1 aromatic carbocycles. The van der Waals surface area contributed by atoms with Gasteiger partial charge >= 0.3 is 0 Å². The fourth-order valence-corrected chi connectivity index (χ4v) is 2.41. The predicted octanol–water partition coefficient (Wildman–Crippen LogP) is 3.12. The van der Waals surface area contributed by atoms with Crippen molar-refractivity contribution in [2.75, 3.05) is 6.26 Å². The first-order valence-electron chi connectivity index (χ1n) is 6.65. The molecule has 106 valence electrons. The summed E-state index contributed by atoms with van der Waals surface area (Å²) in [7, 11) is 0. The lowest BCUT2D eigenvalue weighted by Gasteiger charge is -2.14. The molecule has 1 unspecified atom stereocenters. The van der Waals surface area contributed by atoms with E-state index in [0.717, 1.165) is 17.3 Å². The summed E-state index contributed by atoms with van der Waals surface area (Å²) in [6, 6.07) is 9.96. The average Bonchev–Trinajstić information content (AvgIpc) is 2.91. The average molecular weight is 289 g/mol. The second kappa shape index (κ2) is 6.61. The van der Waals surface area contributed by atoms with E-state index in [-0.39, 0.29) is 11.9 Å². The van der Waals surface area contributed by atoms with Gasteiger partial charge in [-0.05, 0) is 31.7 Å². The first-order chi connectivity index (χ1) is 9.67. The van der Waals surface area contributed by atoms with Crippen LogP contribution in [0.2, 0.25) is 0 Å². The van der Waals surface area contributed by atoms with E-state index in [2.05, 4.69) is 10.3 Å². The molecule has 1 heterocycles. The summed E-state index contributed by atoms with van der Waals surface area (Å²) in [6.07, 6.45) is 4.50. The number of benzene rings is 1. The minimum atomic E-state index is -0.0870. The van der Waals surface area contributed by atoms with Crippen LogP contribution in [0.25, 0.3) is 5.69 Å². The molecule has 0 saturated heterocycles. The van der Waals surface area contributed by atoms with Crippen molar-refractivity contribution in [2.24, 2.45) is 0 Å². The molecule has 2 aromatic rings. The summed E-state index contributed by atoms with van der Waals surface area (Å²) >= 11 is 1.52. The summed E-state index contributed by atoms with van der Waals surface area (Å²) in [4.78, 5) is 16.7. The quantitative estimate of drug-likeness (QED) is 0.860. The molecule has 20 heavy (non-hydrogen) atoms. The van der Waals surface area contributed by atoms with Gasteiger partial charge in [-0.15, -0.1) is 0 Å². The summed E-state index contributed by atoms with van der Waals surface area (Å²) in [5.41, 5.74) is 1.52. The molecule has 0 aliphatic rings. The van der Waals surface area contributed by atoms with Crippen molar-refractivity contribution >= 4 is 17.7 Å². The van der Waals surface area contributed by atoms with Gasteiger partial charge in [0.25, 0.3) is 5.91 Å². The number of rotatable bonds is 5. The highest BCUT2D eigenvalue weighted by atomic mass is 32.2. The second-order valence-electron chi connectivity index (χ2n) is 4.58. The monoisotopic (exact) mass is 289 g/mol. The molecule has 1 atom stereocenters. The Morgan fingerprint density at radius 1 is 1.40 bits per heavy atom. The van der Waals surface area contributed by atoms with Crippen LogP contribution in [0.15, 0.2) is 41.7 Å². The van der Waals surface area contributed by atoms with Crippen molar-refractivity contribution in [3.8, 4) is 5.69 Å². The lowest BCUT2D eigenvalue weighted by atomic mass is 10.2. The van der Waals surface area contributed by atoms with Crippen molar-refractivity contribution < 1.29 is 4.79 Å². The number of hydrogen-bond donors (Lipinski definition) is 1. The van der Waals surface area contributed by atoms with Crippen molar-refractivity contribution in [1.29, 1.82) is 0 Å². The number of nitrogens with zero attached hydrogens (tertiary/aromatic N) is 2. The van der Waals surface area contributed by atoms with Crippen molar-refractivity contribution in [1.82, 2.24) is 14.9 Å². The molecule has 0 saturated carbocycles. The highest BCUT2D eigenvalue weighted by Gasteiger charge is 2.18. The maximum atomic E-state index is 12.4. The standard InChI is InChI=1S/C15H19N3OS/c1-4-11(2)17-14(19)13-10-16-15(20-3)18(13)12-8-6-5-7-9-12/h5-11H,4H2,1-3H3,(H,17,19). The lowest BCUT2D eigenvalue weighted by Crippen LogP contribution is -2.33. The normalized spacial score (nSPS) is 12.2. The maximum absolute atomic E-state index is 12.4. The minimum absolute atomic E-state index is 0.0870. The molecule has 0 spiro atoms. The first-order valence-corrected chi connectivity index (χ1v) is 7.87. The Morgan fingerprint density at radius 3 is 2.70 bits per heavy atom. The van der Waals surface area contributed by atoms with Crippen LogP contribution >= 0.6 is 11.8 Å². The minimum Gasteiger partial charge on any atom is -0.348 e. The number of carbonyl (C=O) groups is 1. The molecule has 4 nitrogen and oxygen atoms in total. The number of hydrogen-bond acceptors (Lipinski definition) is 3. The van der Waals surface area contributed by atoms with Crippen LogP contribution in [-0.2, 0) is 0 Å². The molecule has 1 N–H and O–H groups in total. The van der Waals surface area contributed by atoms with Gasteiger partial charge in [0.15, 0.2) is 5.16 Å². The van der Waals surface area contributed by atoms with Crippen LogP contribution in [0.3, 0.4) is 0 Å². The van der Waals surface area contributed by atoms with E-state index in [0.29, 0.717) is 5.69 Å². The zero-order valence-electron chi connectivity index (χ0n) is 12.0. The smallest absolute Gasteiger partial charge is 0.270 e. The van der Waals surface area contributed by atoms with E-state index in [1.54, 1.807) is 6.20 Å². The number of imidazole rings is 1. The van der Waals surface area contributed by atoms with E-state index in [9.17, 15) is 4.79 Å². The molecule has 0 aliphatic heterocycles. The maximum Gasteiger partial charge on any atom is 0.270 e. The van der Waals surface area contributed by atoms with Crippen molar-refractivity contribution in [2.45, 2.75) is 31.5 Å². The molecule has 2 rings (SSSR count). The summed E-state index contributed by atoms with van der Waals surface area (Å²) < 4.78 is 1.89. The number of para-hydroxylation sites is 1. The zero-order valence-corrected chi connectivity index (χ0v) is 12.8. The zero-order chi connectivity index (χ0) is 14.5. The number of nitrogens with one attached hydrogen (secondary N) is 1. The largest absolute Gasteiger partial charge is 0.348 e. The lowest BCUT2D eigenvalue weighted by molar-refractivity contribution is 0.0932. The Hall–Kier alpha value is -1.75. The van der Waals surface area contributed by atoms with Gasteiger partial charge in [0.1, 0.15) is 5.69 Å². The van der Waals surface area contributed by atoms with Crippen molar-refractivity contribution in [3.05, 3.63) is 42.2 Å². The number of carbonyl (C=O) groups excluding carboxylic acids is 1. The van der Waals surface area contributed by atoms with Crippen molar-refractivity contribution in [3.63, 3.8) is 0 Å². The van der Waals surface area contributed by atoms with E-state index in [1.165, 1.54) is 11.8 Å². The third-order valence-electron chi connectivity index (χ3n) is 3.15. The summed E-state index contributed by atoms with van der Waals surface area (Å²) in [6.45, 7) is 4.05. The molecule has 0 aliphatic carbocycles. The molecule has 1 amide bonds. The van der Waals surface area contributed by atoms with E-state index >= 15 is 0 Å². The molecule has 0 radical (unpaired) electrons. The third kappa shape index (κ3) is 3.04. The van der Waals surface area contributed by atoms with Gasteiger partial charge in [0.2, 0.25) is 0 Å². The number of thioether (sulfide) groups is 1. The molecule has 1 aromatic heterocycles. The fourth-order valence-electron chi connectivity index (χ4n) is 1.87. The Morgan fingerprint density at radius 2 is 2.10 bits per heavy atom. The van der Waals surface area contributed by atoms with Crippen LogP contribution in [0.1, 0.15) is 30.8 Å².